The van der Waals surface area contributed by atoms with Crippen molar-refractivity contribution in [3.8, 4) is 0 Å². The molecule has 5 aromatic carbocycles. The van der Waals surface area contributed by atoms with Crippen LogP contribution in [-0.2, 0) is 30.5 Å². The maximum atomic E-state index is 14.3. The lowest BCUT2D eigenvalue weighted by molar-refractivity contribution is -0.384. The molecule has 3 aliphatic carbocycles. The minimum Gasteiger partial charge on any atom is -0.377 e. The van der Waals surface area contributed by atoms with Crippen molar-refractivity contribution in [3.63, 3.8) is 0 Å². The van der Waals surface area contributed by atoms with Crippen molar-refractivity contribution in [2.24, 2.45) is 23.7 Å². The van der Waals surface area contributed by atoms with Crippen molar-refractivity contribution in [3.05, 3.63) is 183 Å². The second-order valence-corrected chi connectivity index (χ2v) is 23.3. The molecule has 5 aliphatic rings. The number of hydrogen-bond donors (Lipinski definition) is 4. The number of rotatable bonds is 28. The SMILES string of the molecule is O=C(NCCCCCCCCCCCCOCc1ccc([N+](=O)[O-])cc1)[C@@H]1CN(C(=O)c2ccc(C(=O)N3C[C@@H](C(=O)N[C@H]4C[C@@H]4c4ccccc4)[C@H](C(=O)N[C@H]4C[C@@H]4c4ccccc4)C3)cc2)C[C@H]1C(=O)N[C@H]1C[C@@H]1c1ccccc1. The third-order valence-electron chi connectivity index (χ3n) is 17.4. The lowest BCUT2D eigenvalue weighted by Gasteiger charge is -2.18. The Hall–Kier alpha value is -7.72. The molecule has 0 aromatic heterocycles. The summed E-state index contributed by atoms with van der Waals surface area (Å²) in [4.78, 5) is 98.2. The van der Waals surface area contributed by atoms with Gasteiger partial charge in [-0.3, -0.25) is 38.9 Å². The van der Waals surface area contributed by atoms with Crippen LogP contribution >= 0.6 is 0 Å². The normalized spacial score (nSPS) is 24.0. The van der Waals surface area contributed by atoms with Gasteiger partial charge in [-0.25, -0.2) is 0 Å². The number of unbranched alkanes of at least 4 members (excludes halogenated alkanes) is 9. The number of carbonyl (C=O) groups excluding carboxylic acids is 6. The molecule has 0 unspecified atom stereocenters. The summed E-state index contributed by atoms with van der Waals surface area (Å²) in [6, 6.07) is 42.9. The van der Waals surface area contributed by atoms with Crippen LogP contribution in [0.2, 0.25) is 0 Å². The Labute approximate surface area is 480 Å². The van der Waals surface area contributed by atoms with Gasteiger partial charge in [0.1, 0.15) is 0 Å². The van der Waals surface area contributed by atoms with Gasteiger partial charge in [-0.05, 0) is 90.8 Å². The fourth-order valence-corrected chi connectivity index (χ4v) is 12.3. The highest BCUT2D eigenvalue weighted by Gasteiger charge is 2.50. The number of nitro groups is 1. The molecule has 4 N–H and O–H groups in total. The average Bonchev–Trinajstić information content (AvgIpc) is 4.60. The maximum absolute atomic E-state index is 14.3. The quantitative estimate of drug-likeness (QED) is 0.0213. The van der Waals surface area contributed by atoms with Gasteiger partial charge in [0.05, 0.1) is 35.2 Å². The van der Waals surface area contributed by atoms with E-state index in [9.17, 15) is 38.9 Å². The van der Waals surface area contributed by atoms with Crippen molar-refractivity contribution >= 4 is 41.1 Å². The van der Waals surface area contributed by atoms with Crippen LogP contribution in [0.1, 0.15) is 144 Å². The van der Waals surface area contributed by atoms with E-state index in [4.69, 9.17) is 4.74 Å². The molecular weight excluding hydrogens is 1030 g/mol. The van der Waals surface area contributed by atoms with E-state index in [1.54, 1.807) is 46.2 Å². The number of benzene rings is 5. The fraction of sp³-hybridized carbons (Fsp3) is 0.455. The summed E-state index contributed by atoms with van der Waals surface area (Å²) in [5.41, 5.74) is 5.10. The predicted molar refractivity (Wildman–Crippen MR) is 311 cm³/mol. The number of hydrogen-bond acceptors (Lipinski definition) is 9. The molecule has 5 fully saturated rings. The van der Waals surface area contributed by atoms with Gasteiger partial charge >= 0.3 is 0 Å². The van der Waals surface area contributed by atoms with Crippen LogP contribution in [0.15, 0.2) is 140 Å². The first-order valence-electron chi connectivity index (χ1n) is 29.8. The Kier molecular flexibility index (Phi) is 19.2. The van der Waals surface area contributed by atoms with E-state index in [2.05, 4.69) is 57.7 Å². The number of ether oxygens (including phenoxy) is 1. The highest BCUT2D eigenvalue weighted by molar-refractivity contribution is 6.00. The van der Waals surface area contributed by atoms with Crippen LogP contribution < -0.4 is 21.3 Å². The van der Waals surface area contributed by atoms with Crippen LogP contribution in [0.4, 0.5) is 5.69 Å². The minimum atomic E-state index is -0.743. The van der Waals surface area contributed by atoms with Gasteiger partial charge in [0.25, 0.3) is 17.5 Å². The van der Waals surface area contributed by atoms with E-state index < -0.39 is 28.6 Å². The first-order valence-corrected chi connectivity index (χ1v) is 29.8. The highest BCUT2D eigenvalue weighted by atomic mass is 16.6. The summed E-state index contributed by atoms with van der Waals surface area (Å²) in [5, 5.41) is 23.5. The van der Waals surface area contributed by atoms with E-state index >= 15 is 0 Å². The second kappa shape index (κ2) is 27.4. The zero-order valence-corrected chi connectivity index (χ0v) is 46.7. The first-order chi connectivity index (χ1) is 40.0. The molecule has 10 atom stereocenters. The van der Waals surface area contributed by atoms with Crippen LogP contribution in [0.3, 0.4) is 0 Å². The summed E-state index contributed by atoms with van der Waals surface area (Å²) in [6.07, 6.45) is 13.1. The molecule has 0 radical (unpaired) electrons. The molecule has 2 heterocycles. The number of carbonyl (C=O) groups is 6. The lowest BCUT2D eigenvalue weighted by Crippen LogP contribution is -2.43. The first kappa shape index (κ1) is 57.5. The summed E-state index contributed by atoms with van der Waals surface area (Å²) in [6.45, 7) is 1.89. The molecule has 2 aliphatic heterocycles. The molecule has 0 spiro atoms. The Morgan fingerprint density at radius 3 is 1.18 bits per heavy atom. The third-order valence-corrected chi connectivity index (χ3v) is 17.4. The standard InChI is InChI=1S/C66H77N7O9/c74-61(67-34-18-7-5-3-1-2-4-6-8-19-35-82-43-44-26-32-50(33-27-44)73(80)81)54-39-71(40-55(54)62(75)68-58-36-51(58)45-20-12-9-13-21-45)65(78)48-28-30-49(31-29-48)66(79)72-41-56(63(76)69-59-37-52(59)46-22-14-10-15-23-46)57(42-72)64(77)70-60-38-53(60)47-24-16-11-17-25-47/h9-17,20-33,51-60H,1-8,18-19,34-43H2,(H,67,74)(H,68,75)(H,69,76)(H,70,77)/t51-,52-,53-,54-,55-,56-,57-,58+,59+,60+/m1/s1. The predicted octanol–water partition coefficient (Wildman–Crippen LogP) is 9.22. The van der Waals surface area contributed by atoms with Gasteiger partial charge in [0.2, 0.25) is 23.6 Å². The van der Waals surface area contributed by atoms with Crippen molar-refractivity contribution in [1.82, 2.24) is 31.1 Å². The van der Waals surface area contributed by atoms with Gasteiger partial charge in [-0.15, -0.1) is 0 Å². The van der Waals surface area contributed by atoms with Gasteiger partial charge in [-0.1, -0.05) is 142 Å². The molecule has 2 saturated heterocycles. The number of non-ortho nitro benzene ring substituents is 1. The third kappa shape index (κ3) is 15.0. The molecule has 10 rings (SSSR count). The van der Waals surface area contributed by atoms with Gasteiger partial charge in [0, 0.05) is 98.5 Å². The van der Waals surface area contributed by atoms with E-state index in [1.165, 1.54) is 25.0 Å². The number of nitro benzene ring substituents is 1. The Balaban J connectivity index is 0.690. The molecule has 6 amide bonds. The van der Waals surface area contributed by atoms with Crippen LogP contribution in [0.25, 0.3) is 0 Å². The van der Waals surface area contributed by atoms with Gasteiger partial charge in [0.15, 0.2) is 0 Å². The Bertz CT molecular complexity index is 2930. The van der Waals surface area contributed by atoms with Crippen molar-refractivity contribution < 1.29 is 38.4 Å². The molecular formula is C66H77N7O9. The zero-order valence-electron chi connectivity index (χ0n) is 46.7. The molecule has 3 saturated carbocycles. The number of nitrogens with zero attached hydrogens (tertiary/aromatic N) is 3. The van der Waals surface area contributed by atoms with Crippen molar-refractivity contribution in [2.75, 3.05) is 39.3 Å². The second-order valence-electron chi connectivity index (χ2n) is 23.3. The van der Waals surface area contributed by atoms with E-state index in [0.717, 1.165) is 92.9 Å². The van der Waals surface area contributed by atoms with Gasteiger partial charge < -0.3 is 35.8 Å². The number of likely N-dealkylation sites (tertiary alicyclic amines) is 2. The summed E-state index contributed by atoms with van der Waals surface area (Å²) in [5.74, 6) is -4.00. The Morgan fingerprint density at radius 2 is 0.805 bits per heavy atom. The summed E-state index contributed by atoms with van der Waals surface area (Å²) in [7, 11) is 0. The molecule has 82 heavy (non-hydrogen) atoms. The molecule has 16 heteroatoms. The van der Waals surface area contributed by atoms with Crippen LogP contribution in [0, 0.1) is 33.8 Å². The average molecular weight is 1110 g/mol. The summed E-state index contributed by atoms with van der Waals surface area (Å²) < 4.78 is 5.75. The van der Waals surface area contributed by atoms with Crippen molar-refractivity contribution in [2.45, 2.75) is 126 Å². The fourth-order valence-electron chi connectivity index (χ4n) is 12.3. The monoisotopic (exact) mass is 1110 g/mol. The van der Waals surface area contributed by atoms with E-state index in [1.807, 2.05) is 54.6 Å². The smallest absolute Gasteiger partial charge is 0.269 e. The van der Waals surface area contributed by atoms with E-state index in [-0.39, 0.29) is 103 Å². The maximum Gasteiger partial charge on any atom is 0.269 e. The number of amides is 6. The van der Waals surface area contributed by atoms with Crippen LogP contribution in [-0.4, -0.2) is 108 Å². The minimum absolute atomic E-state index is 0.0426. The molecule has 5 aromatic rings. The highest BCUT2D eigenvalue weighted by Crippen LogP contribution is 2.44. The molecule has 430 valence electrons. The largest absolute Gasteiger partial charge is 0.377 e. The molecule has 0 bridgehead atoms. The zero-order chi connectivity index (χ0) is 57.0. The topological polar surface area (TPSA) is 209 Å². The van der Waals surface area contributed by atoms with Crippen molar-refractivity contribution in [1.29, 1.82) is 0 Å². The summed E-state index contributed by atoms with van der Waals surface area (Å²) >= 11 is 0. The van der Waals surface area contributed by atoms with E-state index in [0.29, 0.717) is 30.9 Å². The van der Waals surface area contributed by atoms with Gasteiger partial charge in [-0.2, -0.15) is 0 Å². The number of nitrogens with one attached hydrogen (secondary N) is 4. The van der Waals surface area contributed by atoms with Crippen LogP contribution in [0.5, 0.6) is 0 Å². The Morgan fingerprint density at radius 1 is 0.451 bits per heavy atom. The lowest BCUT2D eigenvalue weighted by atomic mass is 9.94. The molecule has 16 nitrogen and oxygen atoms in total.